The third-order valence-corrected chi connectivity index (χ3v) is 15.4. The SMILES string of the molecule is C1=CC2C=CC=C(c3ccc(C=Cc4ccc(C5=c6ccccc6=C(C6=CC=C(c7cc(-c8ccccc8)cc(-c8ccccc8)c7)CC6)C6C=CC=CC56)c5ccccc45)c4ccccc34)C2C=C1. The highest BCUT2D eigenvalue weighted by Gasteiger charge is 2.34. The number of allylic oxidation sites excluding steroid dienone is 16. The second-order valence-electron chi connectivity index (χ2n) is 19.3. The van der Waals surface area contributed by atoms with E-state index in [4.69, 9.17) is 0 Å². The van der Waals surface area contributed by atoms with E-state index in [0.717, 1.165) is 12.8 Å². The second kappa shape index (κ2) is 18.0. The van der Waals surface area contributed by atoms with Crippen LogP contribution in [0.15, 0.2) is 260 Å². The van der Waals surface area contributed by atoms with E-state index < -0.39 is 0 Å². The van der Waals surface area contributed by atoms with Crippen molar-refractivity contribution in [2.75, 3.05) is 0 Å². The fraction of sp³-hybridized carbons (Fsp3) is 0.0857. The number of hydrogen-bond donors (Lipinski definition) is 0. The van der Waals surface area contributed by atoms with Crippen molar-refractivity contribution >= 4 is 56.0 Å². The lowest BCUT2D eigenvalue weighted by atomic mass is 9.68. The molecule has 0 radical (unpaired) electrons. The molecule has 0 saturated heterocycles. The molecule has 13 rings (SSSR count). The Labute approximate surface area is 411 Å². The summed E-state index contributed by atoms with van der Waals surface area (Å²) in [5.74, 6) is 1.20. The Morgan fingerprint density at radius 3 is 1.43 bits per heavy atom. The van der Waals surface area contributed by atoms with E-state index in [0.29, 0.717) is 11.8 Å². The van der Waals surface area contributed by atoms with Gasteiger partial charge in [-0.3, -0.25) is 0 Å². The summed E-state index contributed by atoms with van der Waals surface area (Å²) in [6.07, 6.45) is 36.9. The van der Waals surface area contributed by atoms with Crippen LogP contribution in [0.3, 0.4) is 0 Å². The van der Waals surface area contributed by atoms with E-state index in [1.807, 2.05) is 0 Å². The Hall–Kier alpha value is -8.32. The van der Waals surface area contributed by atoms with Crippen molar-refractivity contribution < 1.29 is 0 Å². The molecule has 332 valence electrons. The summed E-state index contributed by atoms with van der Waals surface area (Å²) >= 11 is 0. The standard InChI is InChI=1S/C70H52/c1-3-18-47(19-4-1)54-44-55(48-20-5-2-6-21-48)46-56(45-54)49-34-38-53(39-35-49)69-64-29-13-15-31-66(64)70(67-32-16-14-30-65(67)69)68-43-41-52(59-26-10-12-28-62(59)68)37-36-51-40-42-63(60-27-11-9-25-58(51)60)61-33-17-23-50-22-7-8-24-57(50)61/h1-34,36-38,40-46,50,57,64,66H,35,39H2. The number of hydrogen-bond acceptors (Lipinski definition) is 0. The van der Waals surface area contributed by atoms with Crippen molar-refractivity contribution in [1.29, 1.82) is 0 Å². The van der Waals surface area contributed by atoms with Crippen molar-refractivity contribution in [1.82, 2.24) is 0 Å². The minimum Gasteiger partial charge on any atom is -0.0767 e. The summed E-state index contributed by atoms with van der Waals surface area (Å²) in [6.45, 7) is 0. The molecule has 4 unspecified atom stereocenters. The molecule has 0 spiro atoms. The van der Waals surface area contributed by atoms with Crippen LogP contribution < -0.4 is 10.4 Å². The molecule has 70 heavy (non-hydrogen) atoms. The van der Waals surface area contributed by atoms with E-state index >= 15 is 0 Å². The summed E-state index contributed by atoms with van der Waals surface area (Å²) in [7, 11) is 0. The number of fused-ring (bicyclic) bond motifs is 5. The van der Waals surface area contributed by atoms with E-state index in [1.165, 1.54) is 110 Å². The monoisotopic (exact) mass is 892 g/mol. The molecule has 0 heterocycles. The molecule has 0 amide bonds. The van der Waals surface area contributed by atoms with Gasteiger partial charge in [0.2, 0.25) is 0 Å². The van der Waals surface area contributed by atoms with Gasteiger partial charge in [-0.25, -0.2) is 0 Å². The highest BCUT2D eigenvalue weighted by molar-refractivity contribution is 6.04. The van der Waals surface area contributed by atoms with Gasteiger partial charge in [-0.1, -0.05) is 249 Å². The molecule has 0 aliphatic heterocycles. The Morgan fingerprint density at radius 2 is 0.800 bits per heavy atom. The fourth-order valence-electron chi connectivity index (χ4n) is 12.1. The Morgan fingerprint density at radius 1 is 0.329 bits per heavy atom. The van der Waals surface area contributed by atoms with Gasteiger partial charge in [0.1, 0.15) is 0 Å². The Bertz CT molecular complexity index is 3760. The van der Waals surface area contributed by atoms with Gasteiger partial charge in [0, 0.05) is 23.7 Å². The Balaban J connectivity index is 0.893. The van der Waals surface area contributed by atoms with Gasteiger partial charge >= 0.3 is 0 Å². The molecule has 5 aliphatic carbocycles. The lowest BCUT2D eigenvalue weighted by Crippen LogP contribution is -2.40. The van der Waals surface area contributed by atoms with Crippen molar-refractivity contribution in [3.63, 3.8) is 0 Å². The molecule has 0 nitrogen and oxygen atoms in total. The third kappa shape index (κ3) is 7.49. The molecule has 0 saturated carbocycles. The minimum absolute atomic E-state index is 0.206. The average Bonchev–Trinajstić information content (AvgIpc) is 3.44. The molecular formula is C70H52. The van der Waals surface area contributed by atoms with Crippen LogP contribution in [0.5, 0.6) is 0 Å². The molecule has 5 aliphatic rings. The van der Waals surface area contributed by atoms with Gasteiger partial charge in [0.05, 0.1) is 0 Å². The van der Waals surface area contributed by atoms with Crippen LogP contribution >= 0.6 is 0 Å². The van der Waals surface area contributed by atoms with Gasteiger partial charge in [0.25, 0.3) is 0 Å². The highest BCUT2D eigenvalue weighted by atomic mass is 14.4. The molecular weight excluding hydrogens is 841 g/mol. The van der Waals surface area contributed by atoms with Crippen molar-refractivity contribution in [3.05, 3.63) is 299 Å². The predicted molar refractivity (Wildman–Crippen MR) is 299 cm³/mol. The molecule has 8 aromatic rings. The Kier molecular flexibility index (Phi) is 10.7. The van der Waals surface area contributed by atoms with Crippen LogP contribution in [0.1, 0.15) is 40.7 Å². The largest absolute Gasteiger partial charge is 0.0767 e. The summed E-state index contributed by atoms with van der Waals surface area (Å²) in [5.41, 5.74) is 18.5. The summed E-state index contributed by atoms with van der Waals surface area (Å²) < 4.78 is 0. The zero-order valence-electron chi connectivity index (χ0n) is 39.1. The summed E-state index contributed by atoms with van der Waals surface area (Å²) in [4.78, 5) is 0. The summed E-state index contributed by atoms with van der Waals surface area (Å²) in [6, 6.07) is 65.3. The summed E-state index contributed by atoms with van der Waals surface area (Å²) in [5, 5.41) is 7.83. The maximum atomic E-state index is 2.46. The van der Waals surface area contributed by atoms with Crippen molar-refractivity contribution in [3.8, 4) is 22.3 Å². The van der Waals surface area contributed by atoms with Gasteiger partial charge in [0.15, 0.2) is 0 Å². The lowest BCUT2D eigenvalue weighted by Gasteiger charge is -2.35. The molecule has 4 atom stereocenters. The molecule has 8 aromatic carbocycles. The average molecular weight is 893 g/mol. The van der Waals surface area contributed by atoms with Crippen LogP contribution in [0.25, 0.3) is 78.2 Å². The van der Waals surface area contributed by atoms with Gasteiger partial charge in [-0.2, -0.15) is 0 Å². The smallest absolute Gasteiger partial charge is 0.0137 e. The van der Waals surface area contributed by atoms with Crippen LogP contribution in [-0.4, -0.2) is 0 Å². The van der Waals surface area contributed by atoms with Gasteiger partial charge < -0.3 is 0 Å². The molecule has 0 fully saturated rings. The minimum atomic E-state index is 0.206. The van der Waals surface area contributed by atoms with Crippen molar-refractivity contribution in [2.24, 2.45) is 23.7 Å². The molecule has 0 heteroatoms. The first-order chi connectivity index (χ1) is 34.7. The van der Waals surface area contributed by atoms with E-state index in [2.05, 4.69) is 267 Å². The quantitative estimate of drug-likeness (QED) is 0.133. The zero-order chi connectivity index (χ0) is 46.4. The first-order valence-corrected chi connectivity index (χ1v) is 25.0. The molecule has 0 N–H and O–H groups in total. The van der Waals surface area contributed by atoms with Crippen LogP contribution in [0.2, 0.25) is 0 Å². The zero-order valence-corrected chi connectivity index (χ0v) is 39.1. The van der Waals surface area contributed by atoms with Crippen molar-refractivity contribution in [2.45, 2.75) is 12.8 Å². The first kappa shape index (κ1) is 41.8. The molecule has 0 aromatic heterocycles. The van der Waals surface area contributed by atoms with Crippen LogP contribution in [0.4, 0.5) is 0 Å². The highest BCUT2D eigenvalue weighted by Crippen LogP contribution is 2.46. The maximum Gasteiger partial charge on any atom is 0.0137 e. The second-order valence-corrected chi connectivity index (χ2v) is 19.3. The van der Waals surface area contributed by atoms with Crippen LogP contribution in [-0.2, 0) is 0 Å². The first-order valence-electron chi connectivity index (χ1n) is 25.0. The van der Waals surface area contributed by atoms with Crippen LogP contribution in [0, 0.1) is 23.7 Å². The fourth-order valence-corrected chi connectivity index (χ4v) is 12.1. The number of benzene rings is 8. The van der Waals surface area contributed by atoms with E-state index in [1.54, 1.807) is 0 Å². The normalized spacial score (nSPS) is 20.0. The predicted octanol–water partition coefficient (Wildman–Crippen LogP) is 16.3. The lowest BCUT2D eigenvalue weighted by molar-refractivity contribution is 0.678. The van der Waals surface area contributed by atoms with E-state index in [-0.39, 0.29) is 11.8 Å². The maximum absolute atomic E-state index is 2.46. The van der Waals surface area contributed by atoms with Gasteiger partial charge in [-0.05, 0) is 141 Å². The third-order valence-electron chi connectivity index (χ3n) is 15.4. The van der Waals surface area contributed by atoms with Gasteiger partial charge in [-0.15, -0.1) is 0 Å². The topological polar surface area (TPSA) is 0 Å². The number of rotatable bonds is 8. The van der Waals surface area contributed by atoms with E-state index in [9.17, 15) is 0 Å². The molecule has 0 bridgehead atoms.